The first-order chi connectivity index (χ1) is 35.1. The molecule has 0 radical (unpaired) electrons. The highest BCUT2D eigenvalue weighted by molar-refractivity contribution is 6.42. The van der Waals surface area contributed by atoms with E-state index in [1.807, 2.05) is 0 Å². The molecule has 0 saturated heterocycles. The number of fused-ring (bicyclic) bond motifs is 9. The van der Waals surface area contributed by atoms with E-state index in [1.165, 1.54) is 12.1 Å². The summed E-state index contributed by atoms with van der Waals surface area (Å²) in [4.78, 5) is 0. The SMILES string of the molecule is [2H]c1c([2H])c(F)c(-c2cc(-c3c(F)c([2H])c([2H])c([2H])c3F)c3c(c2)c2cc4c(cc5c6cc(-c7c(F)c([2H])c([2H])c([2H])c7F)cc(-c7c(F)c([2H])c([2H])c([2H])c7F)c6c6cccc4c56)c4cccc3c42)c(F)c1[2H]. The third-order valence-corrected chi connectivity index (χ3v) is 11.8. The van der Waals surface area contributed by atoms with E-state index in [9.17, 15) is 0 Å². The maximum atomic E-state index is 16.4. The zero-order chi connectivity index (χ0) is 52.7. The van der Waals surface area contributed by atoms with Crippen molar-refractivity contribution in [3.8, 4) is 44.5 Å². The average molecular weight is 837 g/mol. The van der Waals surface area contributed by atoms with Crippen LogP contribution in [0.5, 0.6) is 0 Å². The van der Waals surface area contributed by atoms with Crippen LogP contribution in [-0.2, 0) is 0 Å². The molecule has 0 N–H and O–H groups in total. The molecule has 0 aromatic heterocycles. The Labute approximate surface area is 363 Å². The molecule has 8 heteroatoms. The molecule has 12 aromatic carbocycles. The lowest BCUT2D eigenvalue weighted by molar-refractivity contribution is 0.588. The van der Waals surface area contributed by atoms with Crippen molar-refractivity contribution in [2.75, 3.05) is 0 Å². The van der Waals surface area contributed by atoms with Crippen LogP contribution in [0.3, 0.4) is 0 Å². The Morgan fingerprint density at radius 1 is 0.274 bits per heavy atom. The van der Waals surface area contributed by atoms with E-state index < -0.39 is 164 Å². The summed E-state index contributed by atoms with van der Waals surface area (Å²) in [6.45, 7) is 0. The monoisotopic (exact) mass is 836 g/mol. The lowest BCUT2D eigenvalue weighted by Crippen LogP contribution is -1.94. The molecule has 0 bridgehead atoms. The van der Waals surface area contributed by atoms with Crippen molar-refractivity contribution in [2.24, 2.45) is 0 Å². The fraction of sp³-hybridized carbons (Fsp3) is 0. The first kappa shape index (κ1) is 25.9. The maximum absolute atomic E-state index is 16.4. The van der Waals surface area contributed by atoms with E-state index in [4.69, 9.17) is 16.4 Å². The molecule has 0 fully saturated rings. The Morgan fingerprint density at radius 2 is 0.565 bits per heavy atom. The van der Waals surface area contributed by atoms with Gasteiger partial charge >= 0.3 is 0 Å². The first-order valence-corrected chi connectivity index (χ1v) is 18.7. The minimum Gasteiger partial charge on any atom is -0.206 e. The van der Waals surface area contributed by atoms with Gasteiger partial charge in [0.25, 0.3) is 0 Å². The lowest BCUT2D eigenvalue weighted by Gasteiger charge is -2.12. The summed E-state index contributed by atoms with van der Waals surface area (Å²) < 4.78 is 228. The molecule has 0 unspecified atom stereocenters. The second kappa shape index (κ2) is 13.0. The van der Waals surface area contributed by atoms with Crippen molar-refractivity contribution in [1.82, 2.24) is 0 Å². The molecule has 0 amide bonds. The second-order valence-corrected chi connectivity index (χ2v) is 14.8. The van der Waals surface area contributed by atoms with E-state index in [2.05, 4.69) is 0 Å². The highest BCUT2D eigenvalue weighted by Crippen LogP contribution is 2.52. The van der Waals surface area contributed by atoms with Crippen LogP contribution in [0.2, 0.25) is 0 Å². The molecule has 0 saturated carbocycles. The van der Waals surface area contributed by atoms with Gasteiger partial charge in [-0.15, -0.1) is 0 Å². The third-order valence-electron chi connectivity index (χ3n) is 11.8. The van der Waals surface area contributed by atoms with E-state index in [0.717, 1.165) is 12.1 Å². The van der Waals surface area contributed by atoms with Gasteiger partial charge in [0.2, 0.25) is 0 Å². The summed E-state index contributed by atoms with van der Waals surface area (Å²) in [6, 6.07) is 4.01. The minimum absolute atomic E-state index is 0.0570. The zero-order valence-corrected chi connectivity index (χ0v) is 31.0. The summed E-state index contributed by atoms with van der Waals surface area (Å²) in [5, 5.41) is 3.98. The van der Waals surface area contributed by atoms with Gasteiger partial charge in [0.05, 0.1) is 38.7 Å². The van der Waals surface area contributed by atoms with Crippen LogP contribution in [0.15, 0.2) is 145 Å². The van der Waals surface area contributed by atoms with Crippen LogP contribution >= 0.6 is 0 Å². The van der Waals surface area contributed by atoms with Crippen molar-refractivity contribution in [3.05, 3.63) is 192 Å². The number of rotatable bonds is 4. The molecule has 0 aliphatic rings. The quantitative estimate of drug-likeness (QED) is 0.122. The Kier molecular flexibility index (Phi) is 5.42. The fourth-order valence-electron chi connectivity index (χ4n) is 9.41. The summed E-state index contributed by atoms with van der Waals surface area (Å²) in [5.41, 5.74) is -5.72. The van der Waals surface area contributed by atoms with Crippen molar-refractivity contribution in [1.29, 1.82) is 0 Å². The molecular formula is C54H24F8. The van der Waals surface area contributed by atoms with E-state index in [-0.39, 0.29) is 32.3 Å². The summed E-state index contributed by atoms with van der Waals surface area (Å²) in [5.74, 6) is -12.6. The van der Waals surface area contributed by atoms with Gasteiger partial charge in [0, 0.05) is 0 Å². The molecule has 296 valence electrons. The topological polar surface area (TPSA) is 0 Å². The number of benzene rings is 10. The van der Waals surface area contributed by atoms with E-state index in [1.54, 1.807) is 48.5 Å². The highest BCUT2D eigenvalue weighted by atomic mass is 19.2. The predicted molar refractivity (Wildman–Crippen MR) is 233 cm³/mol. The summed E-state index contributed by atoms with van der Waals surface area (Å²) in [6.07, 6.45) is 0. The van der Waals surface area contributed by atoms with Gasteiger partial charge in [-0.3, -0.25) is 0 Å². The molecule has 0 aliphatic carbocycles. The number of halogens is 8. The molecule has 0 aliphatic heterocycles. The molecule has 0 heterocycles. The molecule has 0 nitrogen and oxygen atoms in total. The highest BCUT2D eigenvalue weighted by Gasteiger charge is 2.27. The van der Waals surface area contributed by atoms with Crippen LogP contribution in [0.1, 0.15) is 16.4 Å². The predicted octanol–water partition coefficient (Wildman–Crippen LogP) is 16.4. The Morgan fingerprint density at radius 3 is 0.903 bits per heavy atom. The summed E-state index contributed by atoms with van der Waals surface area (Å²) in [7, 11) is 0. The van der Waals surface area contributed by atoms with Gasteiger partial charge in [-0.1, -0.05) is 60.6 Å². The van der Waals surface area contributed by atoms with Crippen LogP contribution in [0.25, 0.3) is 120 Å². The van der Waals surface area contributed by atoms with Crippen molar-refractivity contribution in [3.63, 3.8) is 0 Å². The average Bonchev–Trinajstić information content (AvgIpc) is 3.92. The first-order valence-electron chi connectivity index (χ1n) is 24.7. The van der Waals surface area contributed by atoms with Gasteiger partial charge < -0.3 is 0 Å². The van der Waals surface area contributed by atoms with Gasteiger partial charge in [-0.05, 0) is 182 Å². The van der Waals surface area contributed by atoms with E-state index in [0.29, 0.717) is 43.1 Å². The largest absolute Gasteiger partial charge is 0.206 e. The minimum atomic E-state index is -1.58. The maximum Gasteiger partial charge on any atom is 0.133 e. The van der Waals surface area contributed by atoms with Crippen LogP contribution in [-0.4, -0.2) is 0 Å². The molecule has 12 aromatic rings. The number of hydrogen-bond donors (Lipinski definition) is 0. The van der Waals surface area contributed by atoms with Gasteiger partial charge in [-0.2, -0.15) is 0 Å². The fourth-order valence-corrected chi connectivity index (χ4v) is 9.41. The van der Waals surface area contributed by atoms with Crippen molar-refractivity contribution >= 4 is 75.4 Å². The molecule has 62 heavy (non-hydrogen) atoms. The second-order valence-electron chi connectivity index (χ2n) is 14.8. The molecular weight excluding hydrogens is 801 g/mol. The zero-order valence-electron chi connectivity index (χ0n) is 43.0. The van der Waals surface area contributed by atoms with Gasteiger partial charge in [0.1, 0.15) is 46.5 Å². The van der Waals surface area contributed by atoms with Crippen LogP contribution < -0.4 is 0 Å². The normalized spacial score (nSPS) is 14.9. The van der Waals surface area contributed by atoms with Crippen molar-refractivity contribution in [2.45, 2.75) is 0 Å². The molecule has 0 spiro atoms. The number of hydrogen-bond acceptors (Lipinski definition) is 0. The standard InChI is InChI=1S/C54H24F8/c55-39-11-3-12-40(56)47(39)25-19-33-35-24-32-28-8-2-10-30-50(28)36(23-31(32)27-7-1-9-29(49(27)35)51(33)37(21-25)53-43(59)15-5-16-44(53)60)34-20-26(48-41(57)13-4-14-42(48)58)22-38(52(30)34)54-45(61)17-6-18-46(54)62/h1-24H/i3D,4D,5D,6D,11D,12D,13D,14D,15D,16D,17D,18D. The Balaban J connectivity index is 1.28. The lowest BCUT2D eigenvalue weighted by atomic mass is 9.92. The third kappa shape index (κ3) is 4.89. The Hall–Kier alpha value is -7.58. The van der Waals surface area contributed by atoms with Crippen molar-refractivity contribution < 1.29 is 51.6 Å². The van der Waals surface area contributed by atoms with Crippen LogP contribution in [0.4, 0.5) is 35.1 Å². The Bertz CT molecular complexity index is 4210. The van der Waals surface area contributed by atoms with Crippen LogP contribution in [0, 0.1) is 46.5 Å². The van der Waals surface area contributed by atoms with Gasteiger partial charge in [0.15, 0.2) is 0 Å². The smallest absolute Gasteiger partial charge is 0.133 e. The van der Waals surface area contributed by atoms with E-state index >= 15 is 35.1 Å². The molecule has 12 rings (SSSR count). The molecule has 0 atom stereocenters. The summed E-state index contributed by atoms with van der Waals surface area (Å²) >= 11 is 0. The van der Waals surface area contributed by atoms with Gasteiger partial charge in [-0.25, -0.2) is 35.1 Å².